The van der Waals surface area contributed by atoms with Gasteiger partial charge < -0.3 is 10.2 Å². The number of rotatable bonds is 3. The van der Waals surface area contributed by atoms with Crippen LogP contribution in [0.15, 0.2) is 48.5 Å². The van der Waals surface area contributed by atoms with Gasteiger partial charge in [-0.2, -0.15) is 0 Å². The number of amides is 2. The summed E-state index contributed by atoms with van der Waals surface area (Å²) in [4.78, 5) is 26.4. The highest BCUT2D eigenvalue weighted by molar-refractivity contribution is 5.96. The molecule has 4 nitrogen and oxygen atoms in total. The van der Waals surface area contributed by atoms with Gasteiger partial charge in [-0.15, -0.1) is 0 Å². The second-order valence-corrected chi connectivity index (χ2v) is 6.33. The molecule has 1 saturated heterocycles. The number of benzene rings is 2. The molecule has 0 spiro atoms. The first-order valence-corrected chi connectivity index (χ1v) is 8.46. The molecule has 2 aromatic rings. The monoisotopic (exact) mass is 340 g/mol. The number of halogens is 1. The molecular weight excluding hydrogens is 319 g/mol. The lowest BCUT2D eigenvalue weighted by molar-refractivity contribution is 0.0693. The third-order valence-electron chi connectivity index (χ3n) is 4.61. The van der Waals surface area contributed by atoms with Gasteiger partial charge in [0.1, 0.15) is 5.82 Å². The Morgan fingerprint density at radius 2 is 1.60 bits per heavy atom. The van der Waals surface area contributed by atoms with Gasteiger partial charge in [-0.05, 0) is 43.5 Å². The molecule has 0 bridgehead atoms. The predicted octanol–water partition coefficient (Wildman–Crippen LogP) is 3.17. The second-order valence-electron chi connectivity index (χ2n) is 6.33. The summed E-state index contributed by atoms with van der Waals surface area (Å²) in [5.74, 6) is -0.874. The second kappa shape index (κ2) is 7.47. The zero-order chi connectivity index (χ0) is 17.8. The van der Waals surface area contributed by atoms with E-state index in [9.17, 15) is 14.0 Å². The van der Waals surface area contributed by atoms with Crippen LogP contribution in [-0.4, -0.2) is 35.8 Å². The molecule has 0 radical (unpaired) electrons. The minimum Gasteiger partial charge on any atom is -0.349 e. The summed E-state index contributed by atoms with van der Waals surface area (Å²) in [7, 11) is 0. The van der Waals surface area contributed by atoms with Crippen LogP contribution in [0.2, 0.25) is 0 Å². The van der Waals surface area contributed by atoms with E-state index in [4.69, 9.17) is 0 Å². The van der Waals surface area contributed by atoms with Gasteiger partial charge >= 0.3 is 0 Å². The standard InChI is InChI=1S/C20H21FN2O2/c1-14-6-2-3-7-16(14)19(24)22-15-10-12-23(13-11-15)20(25)17-8-4-5-9-18(17)21/h2-9,15H,10-13H2,1H3,(H,22,24). The Bertz CT molecular complexity index is 783. The minimum absolute atomic E-state index is 0.0248. The van der Waals surface area contributed by atoms with Gasteiger partial charge in [0.15, 0.2) is 0 Å². The number of piperidine rings is 1. The molecule has 3 rings (SSSR count). The summed E-state index contributed by atoms with van der Waals surface area (Å²) < 4.78 is 13.8. The first-order valence-electron chi connectivity index (χ1n) is 8.46. The third-order valence-corrected chi connectivity index (χ3v) is 4.61. The van der Waals surface area contributed by atoms with Crippen LogP contribution in [0.4, 0.5) is 4.39 Å². The molecule has 2 amide bonds. The van der Waals surface area contributed by atoms with Gasteiger partial charge in [-0.3, -0.25) is 9.59 Å². The van der Waals surface area contributed by atoms with Crippen LogP contribution in [0.1, 0.15) is 39.1 Å². The average Bonchev–Trinajstić information content (AvgIpc) is 2.62. The zero-order valence-corrected chi connectivity index (χ0v) is 14.2. The SMILES string of the molecule is Cc1ccccc1C(=O)NC1CCN(C(=O)c2ccccc2F)CC1. The highest BCUT2D eigenvalue weighted by Crippen LogP contribution is 2.17. The molecule has 0 saturated carbocycles. The number of nitrogens with zero attached hydrogens (tertiary/aromatic N) is 1. The predicted molar refractivity (Wildman–Crippen MR) is 94.0 cm³/mol. The fraction of sp³-hybridized carbons (Fsp3) is 0.300. The van der Waals surface area contributed by atoms with Crippen molar-refractivity contribution in [2.24, 2.45) is 0 Å². The highest BCUT2D eigenvalue weighted by atomic mass is 19.1. The van der Waals surface area contributed by atoms with Gasteiger partial charge in [-0.1, -0.05) is 30.3 Å². The molecule has 1 heterocycles. The Morgan fingerprint density at radius 3 is 2.24 bits per heavy atom. The van der Waals surface area contributed by atoms with E-state index in [0.29, 0.717) is 31.5 Å². The minimum atomic E-state index is -0.498. The molecule has 2 aromatic carbocycles. The molecule has 1 N–H and O–H groups in total. The van der Waals surface area contributed by atoms with E-state index < -0.39 is 5.82 Å². The topological polar surface area (TPSA) is 49.4 Å². The van der Waals surface area contributed by atoms with Gasteiger partial charge in [-0.25, -0.2) is 4.39 Å². The maximum absolute atomic E-state index is 13.8. The van der Waals surface area contributed by atoms with E-state index in [1.165, 1.54) is 12.1 Å². The molecule has 0 aromatic heterocycles. The lowest BCUT2D eigenvalue weighted by Gasteiger charge is -2.32. The maximum Gasteiger partial charge on any atom is 0.256 e. The van der Waals surface area contributed by atoms with Crippen molar-refractivity contribution in [1.29, 1.82) is 0 Å². The zero-order valence-electron chi connectivity index (χ0n) is 14.2. The van der Waals surface area contributed by atoms with Crippen molar-refractivity contribution in [3.05, 3.63) is 71.0 Å². The van der Waals surface area contributed by atoms with Crippen LogP contribution >= 0.6 is 0 Å². The van der Waals surface area contributed by atoms with E-state index in [2.05, 4.69) is 5.32 Å². The van der Waals surface area contributed by atoms with Crippen molar-refractivity contribution in [2.75, 3.05) is 13.1 Å². The van der Waals surface area contributed by atoms with Gasteiger partial charge in [0.25, 0.3) is 11.8 Å². The van der Waals surface area contributed by atoms with Crippen LogP contribution in [0.25, 0.3) is 0 Å². The summed E-state index contributed by atoms with van der Waals surface area (Å²) in [5.41, 5.74) is 1.71. The fourth-order valence-corrected chi connectivity index (χ4v) is 3.12. The molecule has 25 heavy (non-hydrogen) atoms. The van der Waals surface area contributed by atoms with Crippen molar-refractivity contribution in [2.45, 2.75) is 25.8 Å². The molecule has 0 atom stereocenters. The van der Waals surface area contributed by atoms with Crippen molar-refractivity contribution < 1.29 is 14.0 Å². The summed E-state index contributed by atoms with van der Waals surface area (Å²) in [6.45, 7) is 2.92. The molecule has 1 fully saturated rings. The summed E-state index contributed by atoms with van der Waals surface area (Å²) in [6.07, 6.45) is 1.33. The fourth-order valence-electron chi connectivity index (χ4n) is 3.12. The van der Waals surface area contributed by atoms with Crippen LogP contribution < -0.4 is 5.32 Å². The van der Waals surface area contributed by atoms with Crippen LogP contribution in [0, 0.1) is 12.7 Å². The quantitative estimate of drug-likeness (QED) is 0.933. The van der Waals surface area contributed by atoms with Crippen molar-refractivity contribution in [3.8, 4) is 0 Å². The number of carbonyl (C=O) groups is 2. The smallest absolute Gasteiger partial charge is 0.256 e. The highest BCUT2D eigenvalue weighted by Gasteiger charge is 2.26. The number of carbonyl (C=O) groups excluding carboxylic acids is 2. The largest absolute Gasteiger partial charge is 0.349 e. The number of hydrogen-bond acceptors (Lipinski definition) is 2. The lowest BCUT2D eigenvalue weighted by Crippen LogP contribution is -2.46. The molecule has 0 aliphatic carbocycles. The maximum atomic E-state index is 13.8. The van der Waals surface area contributed by atoms with Gasteiger partial charge in [0.05, 0.1) is 5.56 Å². The molecular formula is C20H21FN2O2. The van der Waals surface area contributed by atoms with E-state index in [1.807, 2.05) is 31.2 Å². The summed E-state index contributed by atoms with van der Waals surface area (Å²) in [6, 6.07) is 13.5. The van der Waals surface area contributed by atoms with Crippen LogP contribution in [0.5, 0.6) is 0 Å². The lowest BCUT2D eigenvalue weighted by atomic mass is 10.0. The molecule has 1 aliphatic heterocycles. The Kier molecular flexibility index (Phi) is 5.12. The normalized spacial score (nSPS) is 15.0. The van der Waals surface area contributed by atoms with Crippen molar-refractivity contribution >= 4 is 11.8 Å². The van der Waals surface area contributed by atoms with Crippen molar-refractivity contribution in [3.63, 3.8) is 0 Å². The molecule has 0 unspecified atom stereocenters. The van der Waals surface area contributed by atoms with Crippen LogP contribution in [0.3, 0.4) is 0 Å². The van der Waals surface area contributed by atoms with E-state index in [-0.39, 0.29) is 23.4 Å². The Labute approximate surface area is 146 Å². The third kappa shape index (κ3) is 3.87. The number of nitrogens with one attached hydrogen (secondary N) is 1. The summed E-state index contributed by atoms with van der Waals surface area (Å²) >= 11 is 0. The van der Waals surface area contributed by atoms with E-state index >= 15 is 0 Å². The number of hydrogen-bond donors (Lipinski definition) is 1. The molecule has 1 aliphatic rings. The molecule has 130 valence electrons. The van der Waals surface area contributed by atoms with E-state index in [0.717, 1.165) is 5.56 Å². The Morgan fingerprint density at radius 1 is 1.00 bits per heavy atom. The number of aryl methyl sites for hydroxylation is 1. The first-order chi connectivity index (χ1) is 12.1. The first kappa shape index (κ1) is 17.1. The van der Waals surface area contributed by atoms with Crippen molar-refractivity contribution in [1.82, 2.24) is 10.2 Å². The van der Waals surface area contributed by atoms with Gasteiger partial charge in [0.2, 0.25) is 0 Å². The van der Waals surface area contributed by atoms with E-state index in [1.54, 1.807) is 17.0 Å². The summed E-state index contributed by atoms with van der Waals surface area (Å²) in [5, 5.41) is 3.04. The average molecular weight is 340 g/mol. The number of likely N-dealkylation sites (tertiary alicyclic amines) is 1. The van der Waals surface area contributed by atoms with Crippen LogP contribution in [-0.2, 0) is 0 Å². The van der Waals surface area contributed by atoms with Gasteiger partial charge in [0, 0.05) is 24.7 Å². The Balaban J connectivity index is 1.57. The Hall–Kier alpha value is -2.69. The molecule has 5 heteroatoms.